The molecule has 0 radical (unpaired) electrons. The van der Waals surface area contributed by atoms with Gasteiger partial charge in [0, 0.05) is 18.0 Å². The second kappa shape index (κ2) is 8.20. The van der Waals surface area contributed by atoms with Gasteiger partial charge in [-0.2, -0.15) is 17.9 Å². The third-order valence-corrected chi connectivity index (χ3v) is 3.73. The molecule has 2 aromatic heterocycles. The van der Waals surface area contributed by atoms with Crippen molar-refractivity contribution < 1.29 is 35.9 Å². The van der Waals surface area contributed by atoms with Crippen LogP contribution in [0.15, 0.2) is 43.0 Å². The van der Waals surface area contributed by atoms with Crippen LogP contribution in [0.5, 0.6) is 5.75 Å². The summed E-state index contributed by atoms with van der Waals surface area (Å²) < 4.78 is 81.2. The number of hydrogen-bond donors (Lipinski definition) is 1. The van der Waals surface area contributed by atoms with Gasteiger partial charge < -0.3 is 10.1 Å². The van der Waals surface area contributed by atoms with Gasteiger partial charge in [0.1, 0.15) is 12.1 Å². The van der Waals surface area contributed by atoms with Gasteiger partial charge in [0.25, 0.3) is 11.9 Å². The number of rotatable bonds is 5. The van der Waals surface area contributed by atoms with Gasteiger partial charge in [-0.3, -0.25) is 4.79 Å². The standard InChI is InChI=1S/C17H12F6N6O2/c1-9(13-26-8-29(28-13)15-24-3-2-4-25-15)27-14(30)10-5-11(16(18,19)20)7-12(6-10)31-17(21,22)23/h2-9H,1H3,(H,27,30). The topological polar surface area (TPSA) is 94.8 Å². The third kappa shape index (κ3) is 5.67. The van der Waals surface area contributed by atoms with E-state index in [4.69, 9.17) is 0 Å². The molecule has 31 heavy (non-hydrogen) atoms. The van der Waals surface area contributed by atoms with E-state index >= 15 is 0 Å². The fraction of sp³-hybridized carbons (Fsp3) is 0.235. The highest BCUT2D eigenvalue weighted by Gasteiger charge is 2.35. The summed E-state index contributed by atoms with van der Waals surface area (Å²) in [5, 5.41) is 6.39. The number of nitrogens with one attached hydrogen (secondary N) is 1. The number of benzene rings is 1. The molecule has 2 heterocycles. The normalized spacial score (nSPS) is 13.0. The lowest BCUT2D eigenvalue weighted by Gasteiger charge is -2.15. The number of carbonyl (C=O) groups excluding carboxylic acids is 1. The van der Waals surface area contributed by atoms with Crippen molar-refractivity contribution in [2.45, 2.75) is 25.5 Å². The first-order valence-corrected chi connectivity index (χ1v) is 8.40. The van der Waals surface area contributed by atoms with Gasteiger partial charge in [-0.1, -0.05) is 0 Å². The zero-order chi connectivity index (χ0) is 22.8. The molecule has 1 amide bonds. The van der Waals surface area contributed by atoms with Gasteiger partial charge in [-0.15, -0.1) is 18.3 Å². The number of aromatic nitrogens is 5. The molecule has 0 saturated heterocycles. The zero-order valence-corrected chi connectivity index (χ0v) is 15.4. The Morgan fingerprint density at radius 3 is 2.35 bits per heavy atom. The molecule has 3 aromatic rings. The fourth-order valence-corrected chi connectivity index (χ4v) is 2.41. The Morgan fingerprint density at radius 2 is 1.74 bits per heavy atom. The van der Waals surface area contributed by atoms with Crippen LogP contribution in [0.3, 0.4) is 0 Å². The molecule has 0 spiro atoms. The summed E-state index contributed by atoms with van der Waals surface area (Å²) in [6, 6.07) is 1.79. The lowest BCUT2D eigenvalue weighted by Crippen LogP contribution is -2.28. The van der Waals surface area contributed by atoms with Crippen LogP contribution in [0.25, 0.3) is 5.95 Å². The smallest absolute Gasteiger partial charge is 0.406 e. The molecule has 0 aliphatic rings. The zero-order valence-electron chi connectivity index (χ0n) is 15.4. The summed E-state index contributed by atoms with van der Waals surface area (Å²) in [6.45, 7) is 1.43. The van der Waals surface area contributed by atoms with Crippen molar-refractivity contribution in [2.24, 2.45) is 0 Å². The molecule has 1 N–H and O–H groups in total. The van der Waals surface area contributed by atoms with Gasteiger partial charge >= 0.3 is 12.5 Å². The number of hydrogen-bond acceptors (Lipinski definition) is 6. The van der Waals surface area contributed by atoms with Crippen LogP contribution in [-0.4, -0.2) is 37.0 Å². The summed E-state index contributed by atoms with van der Waals surface area (Å²) in [5.74, 6) is -2.01. The largest absolute Gasteiger partial charge is 0.573 e. The molecule has 8 nitrogen and oxygen atoms in total. The molecule has 0 saturated carbocycles. The van der Waals surface area contributed by atoms with Gasteiger partial charge in [0.2, 0.25) is 0 Å². The van der Waals surface area contributed by atoms with Crippen molar-refractivity contribution in [1.29, 1.82) is 0 Å². The highest BCUT2D eigenvalue weighted by atomic mass is 19.4. The lowest BCUT2D eigenvalue weighted by molar-refractivity contribution is -0.274. The van der Waals surface area contributed by atoms with Gasteiger partial charge in [-0.05, 0) is 31.2 Å². The van der Waals surface area contributed by atoms with Crippen molar-refractivity contribution in [3.8, 4) is 11.7 Å². The Kier molecular flexibility index (Phi) is 5.81. The molecular formula is C17H12F6N6O2. The van der Waals surface area contributed by atoms with E-state index in [-0.39, 0.29) is 17.8 Å². The average Bonchev–Trinajstić information content (AvgIpc) is 3.17. The molecule has 1 aromatic carbocycles. The first kappa shape index (κ1) is 22.0. The van der Waals surface area contributed by atoms with Crippen LogP contribution >= 0.6 is 0 Å². The summed E-state index contributed by atoms with van der Waals surface area (Å²) in [7, 11) is 0. The molecule has 0 fully saturated rings. The highest BCUT2D eigenvalue weighted by Crippen LogP contribution is 2.34. The van der Waals surface area contributed by atoms with Crippen LogP contribution in [0.1, 0.15) is 34.7 Å². The predicted molar refractivity (Wildman–Crippen MR) is 91.0 cm³/mol. The SMILES string of the molecule is CC(NC(=O)c1cc(OC(F)(F)F)cc(C(F)(F)F)c1)c1ncn(-c2ncccn2)n1. The molecule has 164 valence electrons. The Labute approximate surface area is 169 Å². The maximum atomic E-state index is 13.0. The predicted octanol–water partition coefficient (Wildman–Crippen LogP) is 3.47. The molecule has 0 aliphatic heterocycles. The van der Waals surface area contributed by atoms with E-state index < -0.39 is 41.4 Å². The molecule has 3 rings (SSSR count). The van der Waals surface area contributed by atoms with Gasteiger partial charge in [0.15, 0.2) is 5.82 Å². The molecular weight excluding hydrogens is 434 g/mol. The molecule has 0 aliphatic carbocycles. The van der Waals surface area contributed by atoms with E-state index in [1.165, 1.54) is 30.3 Å². The van der Waals surface area contributed by atoms with Crippen LogP contribution in [0.4, 0.5) is 26.3 Å². The van der Waals surface area contributed by atoms with Gasteiger partial charge in [0.05, 0.1) is 11.6 Å². The van der Waals surface area contributed by atoms with Crippen LogP contribution in [0, 0.1) is 0 Å². The first-order chi connectivity index (χ1) is 14.4. The molecule has 1 atom stereocenters. The Balaban J connectivity index is 1.82. The van der Waals surface area contributed by atoms with E-state index in [1.54, 1.807) is 6.07 Å². The average molecular weight is 446 g/mol. The van der Waals surface area contributed by atoms with E-state index in [1.807, 2.05) is 0 Å². The minimum Gasteiger partial charge on any atom is -0.406 e. The molecule has 1 unspecified atom stereocenters. The van der Waals surface area contributed by atoms with E-state index in [0.29, 0.717) is 12.1 Å². The third-order valence-electron chi connectivity index (χ3n) is 3.73. The number of alkyl halides is 6. The fourth-order valence-electron chi connectivity index (χ4n) is 2.41. The number of carbonyl (C=O) groups is 1. The van der Waals surface area contributed by atoms with Crippen molar-refractivity contribution in [2.75, 3.05) is 0 Å². The lowest BCUT2D eigenvalue weighted by atomic mass is 10.1. The molecule has 0 bridgehead atoms. The van der Waals surface area contributed by atoms with Crippen molar-refractivity contribution in [3.63, 3.8) is 0 Å². The summed E-state index contributed by atoms with van der Waals surface area (Å²) in [4.78, 5) is 24.3. The van der Waals surface area contributed by atoms with Crippen molar-refractivity contribution >= 4 is 5.91 Å². The maximum Gasteiger partial charge on any atom is 0.573 e. The minimum atomic E-state index is -5.23. The summed E-state index contributed by atoms with van der Waals surface area (Å²) in [5.41, 5.74) is -2.16. The highest BCUT2D eigenvalue weighted by molar-refractivity contribution is 5.95. The molecule has 14 heteroatoms. The Bertz CT molecular complexity index is 1070. The Hall–Kier alpha value is -3.71. The van der Waals surface area contributed by atoms with Crippen LogP contribution in [-0.2, 0) is 6.18 Å². The first-order valence-electron chi connectivity index (χ1n) is 8.40. The summed E-state index contributed by atoms with van der Waals surface area (Å²) in [6.07, 6.45) is -6.05. The number of amides is 1. The maximum absolute atomic E-state index is 13.0. The second-order valence-corrected chi connectivity index (χ2v) is 6.08. The number of halogens is 6. The van der Waals surface area contributed by atoms with Crippen LogP contribution < -0.4 is 10.1 Å². The van der Waals surface area contributed by atoms with Crippen LogP contribution in [0.2, 0.25) is 0 Å². The monoisotopic (exact) mass is 446 g/mol. The minimum absolute atomic E-state index is 0.0690. The van der Waals surface area contributed by atoms with E-state index in [9.17, 15) is 31.1 Å². The second-order valence-electron chi connectivity index (χ2n) is 6.08. The van der Waals surface area contributed by atoms with Crippen molar-refractivity contribution in [3.05, 3.63) is 59.9 Å². The van der Waals surface area contributed by atoms with Crippen molar-refractivity contribution in [1.82, 2.24) is 30.0 Å². The summed E-state index contributed by atoms with van der Waals surface area (Å²) >= 11 is 0. The quantitative estimate of drug-likeness (QED) is 0.604. The Morgan fingerprint density at radius 1 is 1.06 bits per heavy atom. The van der Waals surface area contributed by atoms with Gasteiger partial charge in [-0.25, -0.2) is 15.0 Å². The van der Waals surface area contributed by atoms with E-state index in [0.717, 1.165) is 0 Å². The number of ether oxygens (including phenoxy) is 1. The van der Waals surface area contributed by atoms with E-state index in [2.05, 4.69) is 30.1 Å². The number of nitrogens with zero attached hydrogens (tertiary/aromatic N) is 5.